The highest BCUT2D eigenvalue weighted by Gasteiger charge is 2.37. The molecule has 6 nitrogen and oxygen atoms in total. The third kappa shape index (κ3) is 3.47. The minimum Gasteiger partial charge on any atom is -0.497 e. The van der Waals surface area contributed by atoms with E-state index in [0.717, 1.165) is 11.3 Å². The number of carbonyl (C=O) groups excluding carboxylic acids is 1. The van der Waals surface area contributed by atoms with E-state index >= 15 is 0 Å². The van der Waals surface area contributed by atoms with Crippen LogP contribution < -0.4 is 4.74 Å². The molecule has 1 aliphatic heterocycles. The summed E-state index contributed by atoms with van der Waals surface area (Å²) < 4.78 is 10.7. The van der Waals surface area contributed by atoms with Crippen LogP contribution in [0.5, 0.6) is 5.75 Å². The molecule has 2 aromatic carbocycles. The molecule has 144 valence electrons. The van der Waals surface area contributed by atoms with Crippen LogP contribution in [0.4, 0.5) is 0 Å². The van der Waals surface area contributed by atoms with Crippen LogP contribution in [-0.4, -0.2) is 34.6 Å². The zero-order valence-corrected chi connectivity index (χ0v) is 16.4. The van der Waals surface area contributed by atoms with Gasteiger partial charge in [0, 0.05) is 18.5 Å². The maximum Gasteiger partial charge on any atom is 0.232 e. The maximum atomic E-state index is 12.6. The second kappa shape index (κ2) is 7.64. The van der Waals surface area contributed by atoms with E-state index < -0.39 is 0 Å². The number of rotatable bonds is 5. The fourth-order valence-corrected chi connectivity index (χ4v) is 3.71. The van der Waals surface area contributed by atoms with Gasteiger partial charge >= 0.3 is 0 Å². The lowest BCUT2D eigenvalue weighted by atomic mass is 10.1. The molecule has 2 atom stereocenters. The van der Waals surface area contributed by atoms with Gasteiger partial charge < -0.3 is 14.2 Å². The van der Waals surface area contributed by atoms with Crippen LogP contribution in [-0.2, 0) is 4.79 Å². The number of methoxy groups -OCH3 is 1. The fourth-order valence-electron chi connectivity index (χ4n) is 3.49. The summed E-state index contributed by atoms with van der Waals surface area (Å²) in [6, 6.07) is 15.1. The van der Waals surface area contributed by atoms with E-state index in [4.69, 9.17) is 20.9 Å². The number of hydrogen-bond acceptors (Lipinski definition) is 5. The lowest BCUT2D eigenvalue weighted by Crippen LogP contribution is -2.28. The molecule has 0 aliphatic carbocycles. The Balaban J connectivity index is 1.51. The van der Waals surface area contributed by atoms with Crippen molar-refractivity contribution in [3.8, 4) is 17.1 Å². The Morgan fingerprint density at radius 1 is 1.21 bits per heavy atom. The first-order valence-electron chi connectivity index (χ1n) is 9.08. The molecule has 0 spiro atoms. The standard InChI is InChI=1S/C21H20ClN3O3/c1-13(14-7-9-16(27-2)10-8-14)25-12-15(11-19(25)26)21-23-20(24-28-21)17-5-3-4-6-18(17)22/h3-10,13,15H,11-12H2,1-2H3. The predicted octanol–water partition coefficient (Wildman–Crippen LogP) is 4.48. The Morgan fingerprint density at radius 3 is 2.68 bits per heavy atom. The second-order valence-electron chi connectivity index (χ2n) is 6.83. The molecule has 0 bridgehead atoms. The van der Waals surface area contributed by atoms with E-state index in [-0.39, 0.29) is 17.9 Å². The molecule has 1 saturated heterocycles. The van der Waals surface area contributed by atoms with Gasteiger partial charge in [-0.1, -0.05) is 41.0 Å². The Bertz CT molecular complexity index is 987. The average molecular weight is 398 g/mol. The van der Waals surface area contributed by atoms with E-state index in [1.807, 2.05) is 54.3 Å². The normalized spacial score (nSPS) is 17.8. The Morgan fingerprint density at radius 2 is 1.96 bits per heavy atom. The highest BCUT2D eigenvalue weighted by Crippen LogP contribution is 2.35. The smallest absolute Gasteiger partial charge is 0.232 e. The van der Waals surface area contributed by atoms with Gasteiger partial charge in [-0.25, -0.2) is 0 Å². The fraction of sp³-hybridized carbons (Fsp3) is 0.286. The molecule has 28 heavy (non-hydrogen) atoms. The third-order valence-corrected chi connectivity index (χ3v) is 5.46. The molecular weight excluding hydrogens is 378 g/mol. The average Bonchev–Trinajstić information content (AvgIpc) is 3.35. The van der Waals surface area contributed by atoms with Crippen LogP contribution in [0.3, 0.4) is 0 Å². The SMILES string of the molecule is COc1ccc(C(C)N2CC(c3nc(-c4ccccc4Cl)no3)CC2=O)cc1. The highest BCUT2D eigenvalue weighted by atomic mass is 35.5. The molecule has 1 amide bonds. The summed E-state index contributed by atoms with van der Waals surface area (Å²) in [7, 11) is 1.63. The topological polar surface area (TPSA) is 68.5 Å². The van der Waals surface area contributed by atoms with Crippen molar-refractivity contribution in [2.45, 2.75) is 25.3 Å². The van der Waals surface area contributed by atoms with Crippen molar-refractivity contribution in [2.24, 2.45) is 0 Å². The van der Waals surface area contributed by atoms with Gasteiger partial charge in [0.05, 0.1) is 24.1 Å². The van der Waals surface area contributed by atoms with Crippen molar-refractivity contribution in [1.29, 1.82) is 0 Å². The first-order valence-corrected chi connectivity index (χ1v) is 9.46. The Kier molecular flexibility index (Phi) is 5.05. The van der Waals surface area contributed by atoms with E-state index in [9.17, 15) is 4.79 Å². The third-order valence-electron chi connectivity index (χ3n) is 5.13. The summed E-state index contributed by atoms with van der Waals surface area (Å²) in [5, 5.41) is 4.61. The summed E-state index contributed by atoms with van der Waals surface area (Å²) in [6.07, 6.45) is 0.352. The van der Waals surface area contributed by atoms with Gasteiger partial charge in [-0.15, -0.1) is 0 Å². The maximum absolute atomic E-state index is 12.6. The van der Waals surface area contributed by atoms with E-state index in [1.165, 1.54) is 0 Å². The van der Waals surface area contributed by atoms with Crippen molar-refractivity contribution in [3.05, 3.63) is 65.0 Å². The molecule has 2 unspecified atom stereocenters. The molecule has 1 aromatic heterocycles. The predicted molar refractivity (Wildman–Crippen MR) is 105 cm³/mol. The van der Waals surface area contributed by atoms with Crippen molar-refractivity contribution in [3.63, 3.8) is 0 Å². The number of nitrogens with zero attached hydrogens (tertiary/aromatic N) is 3. The summed E-state index contributed by atoms with van der Waals surface area (Å²) >= 11 is 6.21. The van der Waals surface area contributed by atoms with Crippen LogP contribution in [0.1, 0.15) is 36.8 Å². The zero-order valence-electron chi connectivity index (χ0n) is 15.6. The Hall–Kier alpha value is -2.86. The number of halogens is 1. The molecule has 0 radical (unpaired) electrons. The molecule has 4 rings (SSSR count). The number of ether oxygens (including phenoxy) is 1. The van der Waals surface area contributed by atoms with Gasteiger partial charge in [0.25, 0.3) is 0 Å². The van der Waals surface area contributed by atoms with E-state index in [0.29, 0.717) is 35.3 Å². The molecule has 1 aliphatic rings. The summed E-state index contributed by atoms with van der Waals surface area (Å²) in [4.78, 5) is 19.0. The summed E-state index contributed by atoms with van der Waals surface area (Å²) in [5.41, 5.74) is 1.77. The molecule has 0 N–H and O–H groups in total. The van der Waals surface area contributed by atoms with Crippen LogP contribution in [0.25, 0.3) is 11.4 Å². The van der Waals surface area contributed by atoms with Crippen LogP contribution in [0, 0.1) is 0 Å². The van der Waals surface area contributed by atoms with Gasteiger partial charge in [-0.3, -0.25) is 4.79 Å². The number of amides is 1. The number of likely N-dealkylation sites (tertiary alicyclic amines) is 1. The molecular formula is C21H20ClN3O3. The second-order valence-corrected chi connectivity index (χ2v) is 7.24. The first kappa shape index (κ1) is 18.5. The lowest BCUT2D eigenvalue weighted by molar-refractivity contribution is -0.129. The van der Waals surface area contributed by atoms with Crippen molar-refractivity contribution in [2.75, 3.05) is 13.7 Å². The lowest BCUT2D eigenvalue weighted by Gasteiger charge is -2.25. The first-order chi connectivity index (χ1) is 13.6. The molecule has 2 heterocycles. The summed E-state index contributed by atoms with van der Waals surface area (Å²) in [5.74, 6) is 1.64. The van der Waals surface area contributed by atoms with Gasteiger partial charge in [-0.05, 0) is 36.8 Å². The van der Waals surface area contributed by atoms with Crippen LogP contribution in [0.2, 0.25) is 5.02 Å². The highest BCUT2D eigenvalue weighted by molar-refractivity contribution is 6.33. The van der Waals surface area contributed by atoms with Gasteiger partial charge in [0.2, 0.25) is 17.6 Å². The van der Waals surface area contributed by atoms with Crippen LogP contribution >= 0.6 is 11.6 Å². The minimum atomic E-state index is -0.128. The summed E-state index contributed by atoms with van der Waals surface area (Å²) in [6.45, 7) is 2.56. The molecule has 1 fully saturated rings. The minimum absolute atomic E-state index is 0.0469. The van der Waals surface area contributed by atoms with E-state index in [2.05, 4.69) is 10.1 Å². The van der Waals surface area contributed by atoms with Crippen molar-refractivity contribution < 1.29 is 14.1 Å². The Labute approximate surface area is 168 Å². The number of carbonyl (C=O) groups is 1. The van der Waals surface area contributed by atoms with Gasteiger partial charge in [-0.2, -0.15) is 4.98 Å². The largest absolute Gasteiger partial charge is 0.497 e. The van der Waals surface area contributed by atoms with Gasteiger partial charge in [0.15, 0.2) is 0 Å². The number of benzene rings is 2. The number of aromatic nitrogens is 2. The molecule has 0 saturated carbocycles. The zero-order chi connectivity index (χ0) is 19.7. The van der Waals surface area contributed by atoms with Gasteiger partial charge in [0.1, 0.15) is 5.75 Å². The molecule has 7 heteroatoms. The van der Waals surface area contributed by atoms with Crippen molar-refractivity contribution >= 4 is 17.5 Å². The molecule has 3 aromatic rings. The number of hydrogen-bond donors (Lipinski definition) is 0. The quantitative estimate of drug-likeness (QED) is 0.635. The van der Waals surface area contributed by atoms with Crippen molar-refractivity contribution in [1.82, 2.24) is 15.0 Å². The monoisotopic (exact) mass is 397 g/mol. The van der Waals surface area contributed by atoms with Crippen LogP contribution in [0.15, 0.2) is 53.1 Å². The van der Waals surface area contributed by atoms with E-state index in [1.54, 1.807) is 13.2 Å².